The summed E-state index contributed by atoms with van der Waals surface area (Å²) in [7, 11) is 3.80. The summed E-state index contributed by atoms with van der Waals surface area (Å²) in [5.41, 5.74) is 4.35. The van der Waals surface area contributed by atoms with Gasteiger partial charge in [-0.05, 0) is 26.0 Å². The lowest BCUT2D eigenvalue weighted by Crippen LogP contribution is -2.10. The molecule has 5 heteroatoms. The lowest BCUT2D eigenvalue weighted by molar-refractivity contribution is 0.0989. The third kappa shape index (κ3) is 2.14. The smallest absolute Gasteiger partial charge is 0.174 e. The molecular weight excluding hydrogens is 264 g/mol. The number of fused-ring (bicyclic) bond motifs is 1. The summed E-state index contributed by atoms with van der Waals surface area (Å²) >= 11 is 0. The number of benzene rings is 1. The highest BCUT2D eigenvalue weighted by Gasteiger charge is 2.19. The van der Waals surface area contributed by atoms with Gasteiger partial charge in [0.2, 0.25) is 0 Å². The number of para-hydroxylation sites is 2. The van der Waals surface area contributed by atoms with Gasteiger partial charge in [0.25, 0.3) is 0 Å². The normalized spacial score (nSPS) is 11.2. The zero-order valence-electron chi connectivity index (χ0n) is 12.7. The first-order valence-corrected chi connectivity index (χ1v) is 6.92. The molecule has 1 aromatic carbocycles. The third-order valence-corrected chi connectivity index (χ3v) is 3.99. The summed E-state index contributed by atoms with van der Waals surface area (Å²) in [6.07, 6.45) is 0.290. The van der Waals surface area contributed by atoms with Crippen LogP contribution in [0.2, 0.25) is 0 Å². The molecule has 2 heterocycles. The Morgan fingerprint density at radius 2 is 1.90 bits per heavy atom. The number of aryl methyl sites for hydroxylation is 3. The van der Waals surface area contributed by atoms with Crippen molar-refractivity contribution in [2.45, 2.75) is 20.3 Å². The second kappa shape index (κ2) is 4.84. The van der Waals surface area contributed by atoms with Gasteiger partial charge in [0, 0.05) is 19.8 Å². The largest absolute Gasteiger partial charge is 0.331 e. The second-order valence-electron chi connectivity index (χ2n) is 5.35. The number of carbonyl (C=O) groups excluding carboxylic acids is 1. The van der Waals surface area contributed by atoms with Crippen LogP contribution in [-0.4, -0.2) is 25.1 Å². The van der Waals surface area contributed by atoms with Crippen LogP contribution in [0.5, 0.6) is 0 Å². The number of hydrogen-bond donors (Lipinski definition) is 0. The van der Waals surface area contributed by atoms with E-state index >= 15 is 0 Å². The monoisotopic (exact) mass is 282 g/mol. The molecule has 0 atom stereocenters. The van der Waals surface area contributed by atoms with Gasteiger partial charge in [-0.25, -0.2) is 4.98 Å². The van der Waals surface area contributed by atoms with Crippen molar-refractivity contribution in [1.82, 2.24) is 19.3 Å². The average Bonchev–Trinajstić information content (AvgIpc) is 2.88. The van der Waals surface area contributed by atoms with E-state index in [1.54, 1.807) is 4.68 Å². The molecule has 108 valence electrons. The van der Waals surface area contributed by atoms with Crippen molar-refractivity contribution in [3.63, 3.8) is 0 Å². The maximum absolute atomic E-state index is 12.6. The summed E-state index contributed by atoms with van der Waals surface area (Å²) in [6, 6.07) is 7.90. The second-order valence-corrected chi connectivity index (χ2v) is 5.35. The maximum atomic E-state index is 12.6. The molecule has 21 heavy (non-hydrogen) atoms. The number of carbonyl (C=O) groups is 1. The molecule has 0 saturated heterocycles. The van der Waals surface area contributed by atoms with E-state index < -0.39 is 0 Å². The SMILES string of the molecule is Cc1nn(C)c(C)c1C(=O)Cc1nc2ccccc2n1C. The number of nitrogens with zero attached hydrogens (tertiary/aromatic N) is 4. The van der Waals surface area contributed by atoms with Crippen molar-refractivity contribution < 1.29 is 4.79 Å². The minimum absolute atomic E-state index is 0.0662. The van der Waals surface area contributed by atoms with Crippen LogP contribution in [0.1, 0.15) is 27.6 Å². The molecule has 3 rings (SSSR count). The van der Waals surface area contributed by atoms with E-state index in [1.165, 1.54) is 0 Å². The summed E-state index contributed by atoms with van der Waals surface area (Å²) in [6.45, 7) is 3.79. The first-order chi connectivity index (χ1) is 9.99. The fraction of sp³-hybridized carbons (Fsp3) is 0.312. The lowest BCUT2D eigenvalue weighted by Gasteiger charge is -2.03. The van der Waals surface area contributed by atoms with Crippen LogP contribution in [0.4, 0.5) is 0 Å². The van der Waals surface area contributed by atoms with E-state index in [2.05, 4.69) is 10.1 Å². The summed E-state index contributed by atoms with van der Waals surface area (Å²) in [5.74, 6) is 0.848. The average molecular weight is 282 g/mol. The fourth-order valence-corrected chi connectivity index (χ4v) is 2.76. The van der Waals surface area contributed by atoms with Gasteiger partial charge in [-0.2, -0.15) is 5.10 Å². The molecule has 2 aromatic heterocycles. The van der Waals surface area contributed by atoms with E-state index in [1.807, 2.05) is 56.8 Å². The molecule has 0 aliphatic carbocycles. The van der Waals surface area contributed by atoms with Crippen LogP contribution in [-0.2, 0) is 20.5 Å². The molecule has 5 nitrogen and oxygen atoms in total. The molecule has 0 aliphatic heterocycles. The Bertz CT molecular complexity index is 841. The van der Waals surface area contributed by atoms with Crippen LogP contribution in [0.3, 0.4) is 0 Å². The predicted octanol–water partition coefficient (Wildman–Crippen LogP) is 2.35. The predicted molar refractivity (Wildman–Crippen MR) is 81.4 cm³/mol. The molecule has 0 saturated carbocycles. The highest BCUT2D eigenvalue weighted by molar-refractivity contribution is 5.99. The molecule has 0 bridgehead atoms. The highest BCUT2D eigenvalue weighted by atomic mass is 16.1. The molecule has 0 aliphatic rings. The number of imidazole rings is 1. The Labute approximate surface area is 123 Å². The van der Waals surface area contributed by atoms with Gasteiger partial charge in [0.1, 0.15) is 5.82 Å². The Morgan fingerprint density at radius 3 is 2.52 bits per heavy atom. The molecule has 0 amide bonds. The molecule has 0 N–H and O–H groups in total. The van der Waals surface area contributed by atoms with Gasteiger partial charge in [-0.15, -0.1) is 0 Å². The Hall–Kier alpha value is -2.43. The van der Waals surface area contributed by atoms with Gasteiger partial charge in [-0.3, -0.25) is 9.48 Å². The van der Waals surface area contributed by atoms with Crippen LogP contribution in [0.15, 0.2) is 24.3 Å². The molecule has 0 spiro atoms. The minimum atomic E-state index is 0.0662. The van der Waals surface area contributed by atoms with Crippen molar-refractivity contribution in [3.8, 4) is 0 Å². The standard InChI is InChI=1S/C16H18N4O/c1-10-16(11(2)20(4)18-10)14(21)9-15-17-12-7-5-6-8-13(12)19(15)3/h5-8H,9H2,1-4H3. The first kappa shape index (κ1) is 13.5. The number of hydrogen-bond acceptors (Lipinski definition) is 3. The van der Waals surface area contributed by atoms with Gasteiger partial charge in [-0.1, -0.05) is 12.1 Å². The zero-order chi connectivity index (χ0) is 15.1. The van der Waals surface area contributed by atoms with Crippen LogP contribution in [0, 0.1) is 13.8 Å². The van der Waals surface area contributed by atoms with Crippen LogP contribution < -0.4 is 0 Å². The quantitative estimate of drug-likeness (QED) is 0.693. The van der Waals surface area contributed by atoms with Gasteiger partial charge in [0.05, 0.1) is 28.7 Å². The molecule has 3 aromatic rings. The lowest BCUT2D eigenvalue weighted by atomic mass is 10.1. The number of ketones is 1. The third-order valence-electron chi connectivity index (χ3n) is 3.99. The minimum Gasteiger partial charge on any atom is -0.331 e. The topological polar surface area (TPSA) is 52.7 Å². The van der Waals surface area contributed by atoms with Gasteiger partial charge in [0.15, 0.2) is 5.78 Å². The van der Waals surface area contributed by atoms with E-state index in [0.29, 0.717) is 12.0 Å². The molecule has 0 fully saturated rings. The summed E-state index contributed by atoms with van der Waals surface area (Å²) in [4.78, 5) is 17.2. The molecular formula is C16H18N4O. The number of rotatable bonds is 3. The van der Waals surface area contributed by atoms with E-state index in [9.17, 15) is 4.79 Å². The van der Waals surface area contributed by atoms with Crippen molar-refractivity contribution in [3.05, 3.63) is 47.0 Å². The van der Waals surface area contributed by atoms with Crippen molar-refractivity contribution in [1.29, 1.82) is 0 Å². The summed E-state index contributed by atoms with van der Waals surface area (Å²) in [5, 5.41) is 4.31. The Kier molecular flexibility index (Phi) is 3.12. The Morgan fingerprint density at radius 1 is 1.19 bits per heavy atom. The fourth-order valence-electron chi connectivity index (χ4n) is 2.76. The maximum Gasteiger partial charge on any atom is 0.174 e. The first-order valence-electron chi connectivity index (χ1n) is 6.92. The number of Topliss-reactive ketones (excluding diaryl/α,β-unsaturated/α-hetero) is 1. The van der Waals surface area contributed by atoms with E-state index in [4.69, 9.17) is 0 Å². The van der Waals surface area contributed by atoms with E-state index in [-0.39, 0.29) is 5.78 Å². The summed E-state index contributed by atoms with van der Waals surface area (Å²) < 4.78 is 3.73. The van der Waals surface area contributed by atoms with E-state index in [0.717, 1.165) is 28.2 Å². The van der Waals surface area contributed by atoms with Crippen molar-refractivity contribution in [2.24, 2.45) is 14.1 Å². The van der Waals surface area contributed by atoms with Crippen LogP contribution in [0.25, 0.3) is 11.0 Å². The highest BCUT2D eigenvalue weighted by Crippen LogP contribution is 2.18. The van der Waals surface area contributed by atoms with Crippen molar-refractivity contribution >= 4 is 16.8 Å². The van der Waals surface area contributed by atoms with Gasteiger partial charge < -0.3 is 4.57 Å². The van der Waals surface area contributed by atoms with Crippen LogP contribution >= 0.6 is 0 Å². The van der Waals surface area contributed by atoms with Crippen molar-refractivity contribution in [2.75, 3.05) is 0 Å². The Balaban J connectivity index is 1.98. The number of aromatic nitrogens is 4. The molecule has 0 radical (unpaired) electrons. The zero-order valence-corrected chi connectivity index (χ0v) is 12.7. The van der Waals surface area contributed by atoms with Gasteiger partial charge >= 0.3 is 0 Å². The molecule has 0 unspecified atom stereocenters.